The molecule has 112 valence electrons. The molecule has 0 radical (unpaired) electrons. The van der Waals surface area contributed by atoms with Gasteiger partial charge >= 0.3 is 6.03 Å². The summed E-state index contributed by atoms with van der Waals surface area (Å²) in [4.78, 5) is 36.5. The van der Waals surface area contributed by atoms with Crippen molar-refractivity contribution in [2.45, 2.75) is 5.92 Å². The fraction of sp³-hybridized carbons (Fsp3) is 0.0714. The van der Waals surface area contributed by atoms with Crippen LogP contribution in [0, 0.1) is 11.6 Å². The molecule has 0 bridgehead atoms. The standard InChI is InChI=1S/C14H8F2N2O4/c15-7-4-6-9(5-8(7)16)18(14(17)21)13(20)11(6)12(19)10-2-1-3-22-10/h1-5,11H,(H2,17,21). The predicted molar refractivity (Wildman–Crippen MR) is 69.2 cm³/mol. The number of Topliss-reactive ketones (excluding diaryl/α,β-unsaturated/α-hetero) is 1. The molecule has 2 heterocycles. The summed E-state index contributed by atoms with van der Waals surface area (Å²) in [6, 6.07) is 2.93. The van der Waals surface area contributed by atoms with E-state index in [4.69, 9.17) is 10.2 Å². The zero-order valence-corrected chi connectivity index (χ0v) is 10.9. The lowest BCUT2D eigenvalue weighted by Gasteiger charge is -2.12. The Bertz CT molecular complexity index is 801. The van der Waals surface area contributed by atoms with Crippen molar-refractivity contribution in [2.24, 2.45) is 5.73 Å². The van der Waals surface area contributed by atoms with Crippen molar-refractivity contribution in [1.29, 1.82) is 0 Å². The lowest BCUT2D eigenvalue weighted by atomic mass is 9.94. The molecule has 0 spiro atoms. The number of furan rings is 1. The first-order valence-corrected chi connectivity index (χ1v) is 6.12. The van der Waals surface area contributed by atoms with Gasteiger partial charge in [0, 0.05) is 6.07 Å². The number of benzene rings is 1. The van der Waals surface area contributed by atoms with Crippen molar-refractivity contribution in [3.63, 3.8) is 0 Å². The molecule has 0 aliphatic carbocycles. The molecule has 0 saturated heterocycles. The van der Waals surface area contributed by atoms with Gasteiger partial charge in [-0.15, -0.1) is 0 Å². The number of fused-ring (bicyclic) bond motifs is 1. The Balaban J connectivity index is 2.18. The van der Waals surface area contributed by atoms with Crippen LogP contribution in [0.3, 0.4) is 0 Å². The van der Waals surface area contributed by atoms with Crippen LogP contribution in [0.15, 0.2) is 34.9 Å². The van der Waals surface area contributed by atoms with E-state index in [2.05, 4.69) is 0 Å². The first kappa shape index (κ1) is 13.9. The smallest absolute Gasteiger partial charge is 0.326 e. The minimum Gasteiger partial charge on any atom is -0.461 e. The average Bonchev–Trinajstić information content (AvgIpc) is 3.05. The predicted octanol–water partition coefficient (Wildman–Crippen LogP) is 1.95. The number of halogens is 2. The van der Waals surface area contributed by atoms with Crippen molar-refractivity contribution < 1.29 is 27.6 Å². The molecule has 3 amide bonds. The van der Waals surface area contributed by atoms with Crippen molar-refractivity contribution in [1.82, 2.24) is 0 Å². The van der Waals surface area contributed by atoms with Crippen molar-refractivity contribution >= 4 is 23.4 Å². The molecule has 1 aliphatic heterocycles. The van der Waals surface area contributed by atoms with Gasteiger partial charge in [0.15, 0.2) is 17.4 Å². The highest BCUT2D eigenvalue weighted by Gasteiger charge is 2.45. The number of rotatable bonds is 2. The summed E-state index contributed by atoms with van der Waals surface area (Å²) in [6.45, 7) is 0. The average molecular weight is 306 g/mol. The lowest BCUT2D eigenvalue weighted by Crippen LogP contribution is -2.40. The van der Waals surface area contributed by atoms with Crippen LogP contribution in [0.2, 0.25) is 0 Å². The van der Waals surface area contributed by atoms with Crippen LogP contribution in [-0.2, 0) is 4.79 Å². The molecule has 22 heavy (non-hydrogen) atoms. The van der Waals surface area contributed by atoms with E-state index in [9.17, 15) is 23.2 Å². The minimum atomic E-state index is -1.51. The normalized spacial score (nSPS) is 16.7. The number of amides is 3. The van der Waals surface area contributed by atoms with Gasteiger partial charge in [-0.1, -0.05) is 0 Å². The summed E-state index contributed by atoms with van der Waals surface area (Å²) < 4.78 is 31.7. The first-order chi connectivity index (χ1) is 10.4. The largest absolute Gasteiger partial charge is 0.461 e. The number of carbonyl (C=O) groups is 3. The highest BCUT2D eigenvalue weighted by Crippen LogP contribution is 2.40. The molecule has 0 fully saturated rings. The van der Waals surface area contributed by atoms with Gasteiger partial charge in [-0.05, 0) is 23.8 Å². The van der Waals surface area contributed by atoms with Gasteiger partial charge in [0.05, 0.1) is 12.0 Å². The number of nitrogens with two attached hydrogens (primary N) is 1. The van der Waals surface area contributed by atoms with Crippen LogP contribution in [0.1, 0.15) is 22.0 Å². The molecular weight excluding hydrogens is 298 g/mol. The zero-order chi connectivity index (χ0) is 16.0. The van der Waals surface area contributed by atoms with Crippen LogP contribution in [0.25, 0.3) is 0 Å². The first-order valence-electron chi connectivity index (χ1n) is 6.12. The van der Waals surface area contributed by atoms with Gasteiger partial charge in [-0.25, -0.2) is 18.5 Å². The summed E-state index contributed by atoms with van der Waals surface area (Å²) in [6.07, 6.45) is 1.23. The van der Waals surface area contributed by atoms with Gasteiger partial charge in [-0.2, -0.15) is 0 Å². The number of hydrogen-bond acceptors (Lipinski definition) is 4. The number of nitrogens with zero attached hydrogens (tertiary/aromatic N) is 1. The lowest BCUT2D eigenvalue weighted by molar-refractivity contribution is -0.117. The highest BCUT2D eigenvalue weighted by atomic mass is 19.2. The molecule has 1 aromatic carbocycles. The molecule has 2 aromatic rings. The topological polar surface area (TPSA) is 93.6 Å². The SMILES string of the molecule is NC(=O)N1C(=O)C(C(=O)c2ccco2)c2cc(F)c(F)cc21. The Morgan fingerprint density at radius 3 is 2.50 bits per heavy atom. The maximum atomic E-state index is 13.5. The van der Waals surface area contributed by atoms with Gasteiger partial charge < -0.3 is 10.2 Å². The maximum Gasteiger partial charge on any atom is 0.326 e. The molecule has 1 aliphatic rings. The maximum absolute atomic E-state index is 13.5. The van der Waals surface area contributed by atoms with E-state index in [1.807, 2.05) is 0 Å². The van der Waals surface area contributed by atoms with Crippen LogP contribution in [-0.4, -0.2) is 17.7 Å². The number of carbonyl (C=O) groups excluding carboxylic acids is 3. The number of ketones is 1. The van der Waals surface area contributed by atoms with E-state index >= 15 is 0 Å². The van der Waals surface area contributed by atoms with Crippen molar-refractivity contribution in [2.75, 3.05) is 4.90 Å². The van der Waals surface area contributed by atoms with Crippen LogP contribution in [0.4, 0.5) is 19.3 Å². The van der Waals surface area contributed by atoms with E-state index in [-0.39, 0.29) is 17.0 Å². The second kappa shape index (κ2) is 4.76. The van der Waals surface area contributed by atoms with E-state index in [0.717, 1.165) is 0 Å². The Morgan fingerprint density at radius 2 is 1.91 bits per heavy atom. The molecule has 1 atom stereocenters. The van der Waals surface area contributed by atoms with E-state index in [1.165, 1.54) is 18.4 Å². The van der Waals surface area contributed by atoms with E-state index in [0.29, 0.717) is 17.0 Å². The molecule has 8 heteroatoms. The molecular formula is C14H8F2N2O4. The van der Waals surface area contributed by atoms with E-state index in [1.54, 1.807) is 0 Å². The third-order valence-electron chi connectivity index (χ3n) is 3.34. The fourth-order valence-corrected chi connectivity index (χ4v) is 2.40. The Kier molecular flexibility index (Phi) is 3.01. The molecule has 1 aromatic heterocycles. The third-order valence-corrected chi connectivity index (χ3v) is 3.34. The van der Waals surface area contributed by atoms with Gasteiger partial charge in [0.25, 0.3) is 5.91 Å². The zero-order valence-electron chi connectivity index (χ0n) is 10.9. The van der Waals surface area contributed by atoms with Crippen molar-refractivity contribution in [3.8, 4) is 0 Å². The third kappa shape index (κ3) is 1.88. The summed E-state index contributed by atoms with van der Waals surface area (Å²) in [5, 5.41) is 0. The second-order valence-electron chi connectivity index (χ2n) is 4.61. The monoisotopic (exact) mass is 306 g/mol. The molecule has 3 rings (SSSR count). The van der Waals surface area contributed by atoms with E-state index < -0.39 is 35.3 Å². The van der Waals surface area contributed by atoms with Crippen LogP contribution in [0.5, 0.6) is 0 Å². The molecule has 1 unspecified atom stereocenters. The summed E-state index contributed by atoms with van der Waals surface area (Å²) in [7, 11) is 0. The highest BCUT2D eigenvalue weighted by molar-refractivity contribution is 6.29. The fourth-order valence-electron chi connectivity index (χ4n) is 2.40. The number of urea groups is 1. The Morgan fingerprint density at radius 1 is 1.23 bits per heavy atom. The molecule has 0 saturated carbocycles. The minimum absolute atomic E-state index is 0.135. The van der Waals surface area contributed by atoms with Crippen LogP contribution >= 0.6 is 0 Å². The second-order valence-corrected chi connectivity index (χ2v) is 4.61. The van der Waals surface area contributed by atoms with Gasteiger partial charge in [0.1, 0.15) is 5.92 Å². The number of hydrogen-bond donors (Lipinski definition) is 1. The van der Waals surface area contributed by atoms with Crippen molar-refractivity contribution in [3.05, 3.63) is 53.5 Å². The summed E-state index contributed by atoms with van der Waals surface area (Å²) in [5.41, 5.74) is 4.70. The quantitative estimate of drug-likeness (QED) is 0.678. The summed E-state index contributed by atoms with van der Waals surface area (Å²) >= 11 is 0. The Labute approximate surface area is 122 Å². The van der Waals surface area contributed by atoms with Crippen LogP contribution < -0.4 is 10.6 Å². The number of imide groups is 1. The van der Waals surface area contributed by atoms with Gasteiger partial charge in [-0.3, -0.25) is 9.59 Å². The van der Waals surface area contributed by atoms with Gasteiger partial charge in [0.2, 0.25) is 5.78 Å². The molecule has 2 N–H and O–H groups in total. The summed E-state index contributed by atoms with van der Waals surface area (Å²) in [5.74, 6) is -5.90. The number of primary amides is 1. The Hall–Kier alpha value is -3.03. The molecule has 6 nitrogen and oxygen atoms in total. The number of anilines is 1.